The highest BCUT2D eigenvalue weighted by molar-refractivity contribution is 14.1. The van der Waals surface area contributed by atoms with Crippen LogP contribution in [0.4, 0.5) is 5.69 Å². The molecule has 0 fully saturated rings. The minimum atomic E-state index is -0.677. The predicted molar refractivity (Wildman–Crippen MR) is 146 cm³/mol. The topological polar surface area (TPSA) is 91.0 Å². The quantitative estimate of drug-likeness (QED) is 0.0897. The van der Waals surface area contributed by atoms with E-state index in [2.05, 4.69) is 50.2 Å². The molecule has 0 radical (unpaired) electrons. The molecular weight excluding hydrogens is 709 g/mol. The first-order valence-corrected chi connectivity index (χ1v) is 12.5. The molecule has 0 spiro atoms. The maximum atomic E-state index is 12.4. The summed E-state index contributed by atoms with van der Waals surface area (Å²) in [7, 11) is 0. The van der Waals surface area contributed by atoms with Crippen LogP contribution in [0.25, 0.3) is 6.08 Å². The fourth-order valence-electron chi connectivity index (χ4n) is 3.06. The average molecular weight is 721 g/mol. The molecule has 0 atom stereocenters. The third-order valence-electron chi connectivity index (χ3n) is 4.61. The molecule has 7 nitrogen and oxygen atoms in total. The number of benzene rings is 3. The van der Waals surface area contributed by atoms with Crippen LogP contribution in [-0.2, 0) is 16.1 Å². The van der Waals surface area contributed by atoms with Gasteiger partial charge in [0.25, 0.3) is 5.69 Å². The molecule has 1 heterocycles. The number of rotatable bonds is 6. The van der Waals surface area contributed by atoms with Crippen LogP contribution in [0, 0.1) is 17.3 Å². The Hall–Kier alpha value is -2.22. The molecular formula is C23H12Cl2I2N2O5. The Morgan fingerprint density at radius 1 is 1.09 bits per heavy atom. The standard InChI is InChI=1S/C23H12Cl2I2N2O5/c24-14-3-1-2-12(6-14)11-33-21-18(26)7-13(8-19(21)27)9-20-23(30)34-22(28-20)16-10-15(29(31)32)4-5-17(16)25/h1-10H,11H2/b20-9-. The van der Waals surface area contributed by atoms with Crippen molar-refractivity contribution < 1.29 is 19.2 Å². The number of esters is 1. The summed E-state index contributed by atoms with van der Waals surface area (Å²) in [5.41, 5.74) is 1.69. The zero-order chi connectivity index (χ0) is 24.4. The van der Waals surface area contributed by atoms with Gasteiger partial charge >= 0.3 is 5.97 Å². The van der Waals surface area contributed by atoms with Gasteiger partial charge in [-0.25, -0.2) is 9.79 Å². The monoisotopic (exact) mass is 720 g/mol. The highest BCUT2D eigenvalue weighted by atomic mass is 127. The second-order valence-electron chi connectivity index (χ2n) is 6.99. The summed E-state index contributed by atoms with van der Waals surface area (Å²) in [6, 6.07) is 15.0. The molecule has 0 saturated heterocycles. The number of nitro benzene ring substituents is 1. The third-order valence-corrected chi connectivity index (χ3v) is 6.78. The van der Waals surface area contributed by atoms with E-state index in [1.165, 1.54) is 18.2 Å². The third kappa shape index (κ3) is 5.70. The average Bonchev–Trinajstić information content (AvgIpc) is 3.13. The summed E-state index contributed by atoms with van der Waals surface area (Å²) in [6.07, 6.45) is 1.58. The molecule has 1 aliphatic rings. The van der Waals surface area contributed by atoms with Gasteiger partial charge in [-0.05, 0) is 92.7 Å². The molecule has 4 rings (SSSR count). The van der Waals surface area contributed by atoms with Crippen LogP contribution < -0.4 is 4.74 Å². The van der Waals surface area contributed by atoms with Crippen molar-refractivity contribution in [3.63, 3.8) is 0 Å². The second kappa shape index (κ2) is 10.6. The van der Waals surface area contributed by atoms with Crippen LogP contribution in [0.3, 0.4) is 0 Å². The molecule has 0 bridgehead atoms. The van der Waals surface area contributed by atoms with Crippen molar-refractivity contribution in [3.05, 3.63) is 104 Å². The highest BCUT2D eigenvalue weighted by Crippen LogP contribution is 2.32. The Balaban J connectivity index is 1.59. The number of carbonyl (C=O) groups is 1. The largest absolute Gasteiger partial charge is 0.487 e. The van der Waals surface area contributed by atoms with Crippen LogP contribution in [0.15, 0.2) is 65.3 Å². The summed E-state index contributed by atoms with van der Waals surface area (Å²) in [5.74, 6) is -0.0513. The number of ether oxygens (including phenoxy) is 2. The lowest BCUT2D eigenvalue weighted by molar-refractivity contribution is -0.384. The van der Waals surface area contributed by atoms with Crippen molar-refractivity contribution in [1.29, 1.82) is 0 Å². The normalized spacial score (nSPS) is 14.2. The summed E-state index contributed by atoms with van der Waals surface area (Å²) in [4.78, 5) is 27.1. The van der Waals surface area contributed by atoms with E-state index in [0.29, 0.717) is 22.9 Å². The first kappa shape index (κ1) is 24.9. The molecule has 1 aliphatic heterocycles. The van der Waals surface area contributed by atoms with Gasteiger partial charge in [-0.15, -0.1) is 0 Å². The Bertz CT molecular complexity index is 1370. The smallest absolute Gasteiger partial charge is 0.363 e. The van der Waals surface area contributed by atoms with Crippen molar-refractivity contribution in [2.24, 2.45) is 4.99 Å². The van der Waals surface area contributed by atoms with E-state index in [4.69, 9.17) is 32.7 Å². The number of hydrogen-bond acceptors (Lipinski definition) is 6. The van der Waals surface area contributed by atoms with Gasteiger partial charge in [-0.3, -0.25) is 10.1 Å². The minimum absolute atomic E-state index is 0.0526. The van der Waals surface area contributed by atoms with Crippen LogP contribution in [0.1, 0.15) is 16.7 Å². The van der Waals surface area contributed by atoms with E-state index in [1.807, 2.05) is 30.3 Å². The number of non-ortho nitro benzene ring substituents is 1. The summed E-state index contributed by atoms with van der Waals surface area (Å²) >= 11 is 16.5. The van der Waals surface area contributed by atoms with Crippen molar-refractivity contribution in [2.75, 3.05) is 0 Å². The number of nitrogens with zero attached hydrogens (tertiary/aromatic N) is 2. The molecule has 172 valence electrons. The minimum Gasteiger partial charge on any atom is -0.487 e. The van der Waals surface area contributed by atoms with Gasteiger partial charge in [0, 0.05) is 17.2 Å². The summed E-state index contributed by atoms with van der Waals surface area (Å²) < 4.78 is 12.9. The van der Waals surface area contributed by atoms with E-state index in [0.717, 1.165) is 12.7 Å². The number of carbonyl (C=O) groups excluding carboxylic acids is 1. The molecule has 0 aromatic heterocycles. The lowest BCUT2D eigenvalue weighted by Crippen LogP contribution is -2.06. The Morgan fingerprint density at radius 2 is 1.82 bits per heavy atom. The van der Waals surface area contributed by atoms with Crippen LogP contribution in [0.5, 0.6) is 5.75 Å². The molecule has 3 aromatic carbocycles. The first-order chi connectivity index (χ1) is 16.2. The van der Waals surface area contributed by atoms with Gasteiger partial charge in [0.1, 0.15) is 12.4 Å². The zero-order valence-corrected chi connectivity index (χ0v) is 22.8. The van der Waals surface area contributed by atoms with E-state index in [9.17, 15) is 14.9 Å². The van der Waals surface area contributed by atoms with Gasteiger partial charge in [0.05, 0.1) is 22.6 Å². The second-order valence-corrected chi connectivity index (χ2v) is 10.2. The van der Waals surface area contributed by atoms with Crippen molar-refractivity contribution in [2.45, 2.75) is 6.61 Å². The Labute approximate surface area is 231 Å². The van der Waals surface area contributed by atoms with Crippen molar-refractivity contribution in [1.82, 2.24) is 0 Å². The zero-order valence-electron chi connectivity index (χ0n) is 16.9. The summed E-state index contributed by atoms with van der Waals surface area (Å²) in [6.45, 7) is 0.358. The van der Waals surface area contributed by atoms with Gasteiger partial charge < -0.3 is 9.47 Å². The maximum Gasteiger partial charge on any atom is 0.363 e. The van der Waals surface area contributed by atoms with Crippen molar-refractivity contribution in [3.8, 4) is 5.75 Å². The summed E-state index contributed by atoms with van der Waals surface area (Å²) in [5, 5.41) is 11.9. The molecule has 0 N–H and O–H groups in total. The lowest BCUT2D eigenvalue weighted by atomic mass is 10.2. The molecule has 0 unspecified atom stereocenters. The molecule has 0 aliphatic carbocycles. The Morgan fingerprint density at radius 3 is 2.50 bits per heavy atom. The highest BCUT2D eigenvalue weighted by Gasteiger charge is 2.27. The molecule has 3 aromatic rings. The molecule has 34 heavy (non-hydrogen) atoms. The van der Waals surface area contributed by atoms with Gasteiger partial charge in [-0.1, -0.05) is 35.3 Å². The van der Waals surface area contributed by atoms with Crippen LogP contribution in [0.2, 0.25) is 10.0 Å². The number of nitro groups is 1. The predicted octanol–water partition coefficient (Wildman–Crippen LogP) is 7.03. The lowest BCUT2D eigenvalue weighted by Gasteiger charge is -2.12. The SMILES string of the molecule is O=C1OC(c2cc([N+](=O)[O-])ccc2Cl)=N/C1=C\c1cc(I)c(OCc2cccc(Cl)c2)c(I)c1. The van der Waals surface area contributed by atoms with E-state index >= 15 is 0 Å². The number of halogens is 4. The number of hydrogen-bond donors (Lipinski definition) is 0. The Kier molecular flexibility index (Phi) is 7.75. The van der Waals surface area contributed by atoms with Gasteiger partial charge in [0.2, 0.25) is 5.90 Å². The molecule has 0 saturated carbocycles. The van der Waals surface area contributed by atoms with Crippen molar-refractivity contribution >= 4 is 92.0 Å². The van der Waals surface area contributed by atoms with Crippen LogP contribution >= 0.6 is 68.4 Å². The van der Waals surface area contributed by atoms with Gasteiger partial charge in [-0.2, -0.15) is 0 Å². The maximum absolute atomic E-state index is 12.4. The number of aliphatic imine (C=N–C) groups is 1. The van der Waals surface area contributed by atoms with E-state index in [-0.39, 0.29) is 27.9 Å². The fourth-order valence-corrected chi connectivity index (χ4v) is 5.59. The van der Waals surface area contributed by atoms with E-state index < -0.39 is 10.9 Å². The van der Waals surface area contributed by atoms with E-state index in [1.54, 1.807) is 12.1 Å². The first-order valence-electron chi connectivity index (χ1n) is 9.54. The molecule has 11 heteroatoms. The number of cyclic esters (lactones) is 1. The van der Waals surface area contributed by atoms with Crippen LogP contribution in [-0.4, -0.2) is 16.8 Å². The molecule has 0 amide bonds. The van der Waals surface area contributed by atoms with Gasteiger partial charge in [0.15, 0.2) is 5.70 Å². The fraction of sp³-hybridized carbons (Fsp3) is 0.0435.